The van der Waals surface area contributed by atoms with E-state index in [2.05, 4.69) is 9.64 Å². The predicted molar refractivity (Wildman–Crippen MR) is 70.7 cm³/mol. The molecule has 0 aromatic rings. The van der Waals surface area contributed by atoms with Crippen molar-refractivity contribution in [2.75, 3.05) is 33.0 Å². The van der Waals surface area contributed by atoms with Gasteiger partial charge in [0.1, 0.15) is 0 Å². The summed E-state index contributed by atoms with van der Waals surface area (Å²) in [5.41, 5.74) is 5.79. The number of nitrogens with zero attached hydrogens (tertiary/aromatic N) is 1. The van der Waals surface area contributed by atoms with E-state index in [1.165, 1.54) is 7.11 Å². The Labute approximate surface area is 106 Å². The summed E-state index contributed by atoms with van der Waals surface area (Å²) in [5.74, 6) is -0.188. The topological polar surface area (TPSA) is 55.6 Å². The number of methoxy groups -OCH3 is 1. The number of hydrogen-bond donors (Lipinski definition) is 1. The van der Waals surface area contributed by atoms with Gasteiger partial charge in [-0.05, 0) is 19.1 Å². The molecular weight excluding hydrogens is 244 g/mol. The van der Waals surface area contributed by atoms with Crippen molar-refractivity contribution in [3.8, 4) is 0 Å². The highest BCUT2D eigenvalue weighted by Gasteiger charge is 2.36. The number of carbonyl (C=O) groups excluding carboxylic acids is 1. The number of esters is 1. The van der Waals surface area contributed by atoms with E-state index in [1.807, 2.05) is 6.26 Å². The highest BCUT2D eigenvalue weighted by molar-refractivity contribution is 8.02. The molecule has 0 saturated carbocycles. The number of thiocarbonyl (C=S) groups is 1. The molecule has 16 heavy (non-hydrogen) atoms. The van der Waals surface area contributed by atoms with Crippen LogP contribution in [0.3, 0.4) is 0 Å². The summed E-state index contributed by atoms with van der Waals surface area (Å²) >= 11 is 6.84. The zero-order valence-electron chi connectivity index (χ0n) is 9.69. The molecule has 92 valence electrons. The molecule has 1 fully saturated rings. The van der Waals surface area contributed by atoms with Crippen LogP contribution in [0.15, 0.2) is 0 Å². The first kappa shape index (κ1) is 13.7. The molecule has 0 aromatic heterocycles. The van der Waals surface area contributed by atoms with Crippen LogP contribution in [0, 0.1) is 0 Å². The van der Waals surface area contributed by atoms with Crippen molar-refractivity contribution in [3.05, 3.63) is 0 Å². The number of hydrogen-bond acceptors (Lipinski definition) is 5. The molecule has 1 rings (SSSR count). The molecule has 1 aliphatic rings. The number of nitrogens with two attached hydrogens (primary N) is 1. The van der Waals surface area contributed by atoms with Crippen molar-refractivity contribution in [2.24, 2.45) is 5.73 Å². The van der Waals surface area contributed by atoms with Gasteiger partial charge in [0.25, 0.3) is 0 Å². The van der Waals surface area contributed by atoms with Gasteiger partial charge in [0.2, 0.25) is 0 Å². The van der Waals surface area contributed by atoms with E-state index in [-0.39, 0.29) is 10.7 Å². The molecule has 1 aliphatic heterocycles. The Balaban J connectivity index is 2.49. The van der Waals surface area contributed by atoms with Crippen LogP contribution in [0.1, 0.15) is 12.8 Å². The van der Waals surface area contributed by atoms with Gasteiger partial charge in [0.05, 0.1) is 23.4 Å². The first-order valence-electron chi connectivity index (χ1n) is 5.18. The third-order valence-corrected chi connectivity index (χ3v) is 5.01. The maximum Gasteiger partial charge on any atom is 0.319 e. The maximum absolute atomic E-state index is 11.1. The Morgan fingerprint density at radius 1 is 1.56 bits per heavy atom. The zero-order chi connectivity index (χ0) is 12.2. The van der Waals surface area contributed by atoms with Gasteiger partial charge in [0.15, 0.2) is 0 Å². The zero-order valence-corrected chi connectivity index (χ0v) is 11.3. The number of likely N-dealkylation sites (tertiary alicyclic amines) is 1. The summed E-state index contributed by atoms with van der Waals surface area (Å²) in [6.45, 7) is 2.04. The summed E-state index contributed by atoms with van der Waals surface area (Å²) in [5, 5.41) is 0. The van der Waals surface area contributed by atoms with E-state index >= 15 is 0 Å². The van der Waals surface area contributed by atoms with Crippen LogP contribution >= 0.6 is 24.0 Å². The minimum absolute atomic E-state index is 0.0814. The average Bonchev–Trinajstić information content (AvgIpc) is 2.29. The first-order chi connectivity index (χ1) is 7.54. The molecule has 0 aliphatic carbocycles. The fourth-order valence-corrected chi connectivity index (χ4v) is 3.12. The first-order valence-corrected chi connectivity index (χ1v) is 6.81. The van der Waals surface area contributed by atoms with E-state index in [0.717, 1.165) is 25.9 Å². The van der Waals surface area contributed by atoms with Crippen LogP contribution in [-0.4, -0.2) is 53.6 Å². The summed E-state index contributed by atoms with van der Waals surface area (Å²) in [6, 6.07) is 0. The maximum atomic E-state index is 11.1. The molecule has 1 saturated heterocycles. The van der Waals surface area contributed by atoms with Gasteiger partial charge in [-0.25, -0.2) is 0 Å². The molecule has 0 spiro atoms. The quantitative estimate of drug-likeness (QED) is 0.593. The van der Waals surface area contributed by atoms with Crippen LogP contribution in [0.5, 0.6) is 0 Å². The molecule has 6 heteroatoms. The fraction of sp³-hybridized carbons (Fsp3) is 0.800. The molecule has 0 atom stereocenters. The van der Waals surface area contributed by atoms with E-state index < -0.39 is 0 Å². The van der Waals surface area contributed by atoms with E-state index in [4.69, 9.17) is 18.0 Å². The van der Waals surface area contributed by atoms with Crippen LogP contribution < -0.4 is 5.73 Å². The van der Waals surface area contributed by atoms with E-state index in [0.29, 0.717) is 11.5 Å². The Morgan fingerprint density at radius 3 is 2.50 bits per heavy atom. The molecule has 0 aromatic carbocycles. The molecule has 0 bridgehead atoms. The van der Waals surface area contributed by atoms with Crippen molar-refractivity contribution in [1.29, 1.82) is 0 Å². The van der Waals surface area contributed by atoms with Crippen molar-refractivity contribution in [3.63, 3.8) is 0 Å². The number of thioether (sulfide) groups is 1. The van der Waals surface area contributed by atoms with Gasteiger partial charge in [-0.3, -0.25) is 9.69 Å². The number of piperidine rings is 1. The van der Waals surface area contributed by atoms with Gasteiger partial charge >= 0.3 is 5.97 Å². The monoisotopic (exact) mass is 262 g/mol. The summed E-state index contributed by atoms with van der Waals surface area (Å²) < 4.78 is 4.56. The number of carbonyl (C=O) groups is 1. The van der Waals surface area contributed by atoms with Crippen molar-refractivity contribution >= 4 is 34.9 Å². The smallest absolute Gasteiger partial charge is 0.319 e. The van der Waals surface area contributed by atoms with Gasteiger partial charge in [-0.1, -0.05) is 12.2 Å². The molecule has 0 radical (unpaired) electrons. The van der Waals surface area contributed by atoms with Crippen molar-refractivity contribution in [2.45, 2.75) is 17.6 Å². The third-order valence-electron chi connectivity index (χ3n) is 3.08. The van der Waals surface area contributed by atoms with Crippen LogP contribution in [0.2, 0.25) is 0 Å². The average molecular weight is 262 g/mol. The third kappa shape index (κ3) is 3.09. The highest BCUT2D eigenvalue weighted by atomic mass is 32.2. The Bertz CT molecular complexity index is 276. The molecular formula is C10H18N2O2S2. The lowest BCUT2D eigenvalue weighted by Gasteiger charge is -2.39. The van der Waals surface area contributed by atoms with E-state index in [1.54, 1.807) is 11.8 Å². The van der Waals surface area contributed by atoms with Crippen molar-refractivity contribution in [1.82, 2.24) is 4.90 Å². The lowest BCUT2D eigenvalue weighted by molar-refractivity contribution is -0.142. The summed E-state index contributed by atoms with van der Waals surface area (Å²) in [4.78, 5) is 13.8. The summed E-state index contributed by atoms with van der Waals surface area (Å²) in [7, 11) is 1.41. The van der Waals surface area contributed by atoms with Gasteiger partial charge in [0, 0.05) is 13.1 Å². The second-order valence-corrected chi connectivity index (χ2v) is 5.54. The van der Waals surface area contributed by atoms with Crippen molar-refractivity contribution < 1.29 is 9.53 Å². The Hall–Kier alpha value is -0.330. The van der Waals surface area contributed by atoms with Gasteiger partial charge in [-0.2, -0.15) is 11.8 Å². The largest absolute Gasteiger partial charge is 0.468 e. The number of ether oxygens (including phenoxy) is 1. The normalized spacial score (nSPS) is 20.4. The molecule has 4 nitrogen and oxygen atoms in total. The van der Waals surface area contributed by atoms with Crippen LogP contribution in [-0.2, 0) is 9.53 Å². The Kier molecular flexibility index (Phi) is 5.01. The molecule has 0 amide bonds. The fourth-order valence-electron chi connectivity index (χ4n) is 1.87. The van der Waals surface area contributed by atoms with Gasteiger partial charge < -0.3 is 10.5 Å². The van der Waals surface area contributed by atoms with Crippen LogP contribution in [0.25, 0.3) is 0 Å². The number of rotatable bonds is 4. The predicted octanol–water partition coefficient (Wildman–Crippen LogP) is 0.643. The van der Waals surface area contributed by atoms with Crippen LogP contribution in [0.4, 0.5) is 0 Å². The SMILES string of the molecule is COC(=O)CN1CCC(SC)(C(N)=S)CC1. The lowest BCUT2D eigenvalue weighted by atomic mass is 9.95. The molecule has 0 unspecified atom stereocenters. The minimum atomic E-state index is -0.188. The van der Waals surface area contributed by atoms with Gasteiger partial charge in [-0.15, -0.1) is 0 Å². The minimum Gasteiger partial charge on any atom is -0.468 e. The second-order valence-electron chi connectivity index (χ2n) is 3.91. The molecule has 1 heterocycles. The lowest BCUT2D eigenvalue weighted by Crippen LogP contribution is -2.50. The Morgan fingerprint density at radius 2 is 2.12 bits per heavy atom. The summed E-state index contributed by atoms with van der Waals surface area (Å²) in [6.07, 6.45) is 3.84. The van der Waals surface area contributed by atoms with E-state index in [9.17, 15) is 4.79 Å². The highest BCUT2D eigenvalue weighted by Crippen LogP contribution is 2.34. The second kappa shape index (κ2) is 5.84. The standard InChI is InChI=1S/C10H18N2O2S2/c1-14-8(13)7-12-5-3-10(16-2,4-6-12)9(11)15/h3-7H2,1-2H3,(H2,11,15). The molecule has 2 N–H and O–H groups in total.